The maximum absolute atomic E-state index is 5.34. The van der Waals surface area contributed by atoms with Gasteiger partial charge in [-0.3, -0.25) is 9.55 Å². The quantitative estimate of drug-likeness (QED) is 0.206. The maximum atomic E-state index is 5.34. The summed E-state index contributed by atoms with van der Waals surface area (Å²) in [5.74, 6) is 0.942. The van der Waals surface area contributed by atoms with Crippen LogP contribution < -0.4 is 0 Å². The number of rotatable bonds is 5. The first-order valence-corrected chi connectivity index (χ1v) is 15.3. The summed E-state index contributed by atoms with van der Waals surface area (Å²) in [5, 5.41) is 3.46. The highest BCUT2D eigenvalue weighted by Gasteiger charge is 2.23. The van der Waals surface area contributed by atoms with Crippen molar-refractivity contribution in [2.75, 3.05) is 0 Å². The third-order valence-corrected chi connectivity index (χ3v) is 9.00. The Balaban J connectivity index is 1.48. The lowest BCUT2D eigenvalue weighted by molar-refractivity contribution is 1.11. The summed E-state index contributed by atoms with van der Waals surface area (Å²) in [7, 11) is 0. The van der Waals surface area contributed by atoms with Crippen molar-refractivity contribution >= 4 is 32.5 Å². The van der Waals surface area contributed by atoms with Gasteiger partial charge in [-0.25, -0.2) is 4.98 Å². The minimum absolute atomic E-state index is 0.942. The molecule has 3 aromatic heterocycles. The van der Waals surface area contributed by atoms with Gasteiger partial charge in [0.1, 0.15) is 5.82 Å². The molecule has 0 unspecified atom stereocenters. The van der Waals surface area contributed by atoms with Crippen molar-refractivity contribution in [2.24, 2.45) is 0 Å². The molecular weight excluding hydrogens is 543 g/mol. The molecule has 0 saturated heterocycles. The zero-order valence-electron chi connectivity index (χ0n) is 23.6. The fraction of sp³-hybridized carbons (Fsp3) is 0.0256. The molecule has 0 fully saturated rings. The van der Waals surface area contributed by atoms with E-state index >= 15 is 0 Å². The fourth-order valence-electron chi connectivity index (χ4n) is 6.05. The second kappa shape index (κ2) is 10.5. The highest BCUT2D eigenvalue weighted by atomic mass is 32.1. The van der Waals surface area contributed by atoms with Gasteiger partial charge in [0, 0.05) is 44.6 Å². The number of hydrogen-bond donors (Lipinski definition) is 0. The molecule has 0 atom stereocenters. The van der Waals surface area contributed by atoms with Crippen LogP contribution in [0.1, 0.15) is 5.56 Å². The van der Waals surface area contributed by atoms with Crippen LogP contribution >= 0.6 is 11.3 Å². The van der Waals surface area contributed by atoms with Gasteiger partial charge in [0.05, 0.1) is 16.7 Å². The first-order chi connectivity index (χ1) is 21.2. The van der Waals surface area contributed by atoms with Crippen LogP contribution in [0.4, 0.5) is 0 Å². The molecule has 43 heavy (non-hydrogen) atoms. The highest BCUT2D eigenvalue weighted by Crippen LogP contribution is 2.43. The Morgan fingerprint density at radius 1 is 0.581 bits per heavy atom. The lowest BCUT2D eigenvalue weighted by atomic mass is 9.93. The SMILES string of the molecule is Cc1cc(-c2ccccc2)c(-n2c(-c3csc4ccc(-c5ccncc5)cc34)nc3ccccc32)c(-c2ccccc2)c1. The Morgan fingerprint density at radius 3 is 1.93 bits per heavy atom. The molecule has 3 nitrogen and oxygen atoms in total. The molecule has 0 bridgehead atoms. The Hall–Kier alpha value is -5.32. The van der Waals surface area contributed by atoms with E-state index in [1.54, 1.807) is 11.3 Å². The van der Waals surface area contributed by atoms with Crippen molar-refractivity contribution in [3.8, 4) is 50.5 Å². The van der Waals surface area contributed by atoms with Crippen LogP contribution in [0.15, 0.2) is 145 Å². The van der Waals surface area contributed by atoms with Gasteiger partial charge >= 0.3 is 0 Å². The van der Waals surface area contributed by atoms with Crippen molar-refractivity contribution < 1.29 is 0 Å². The molecule has 5 aromatic carbocycles. The van der Waals surface area contributed by atoms with Crippen LogP contribution in [-0.2, 0) is 0 Å². The summed E-state index contributed by atoms with van der Waals surface area (Å²) in [6, 6.07) is 45.4. The zero-order valence-corrected chi connectivity index (χ0v) is 24.4. The van der Waals surface area contributed by atoms with E-state index in [0.29, 0.717) is 0 Å². The van der Waals surface area contributed by atoms with Gasteiger partial charge in [0.15, 0.2) is 0 Å². The number of hydrogen-bond acceptors (Lipinski definition) is 3. The topological polar surface area (TPSA) is 30.7 Å². The summed E-state index contributed by atoms with van der Waals surface area (Å²) in [5.41, 5.74) is 12.6. The number of para-hydroxylation sites is 2. The third-order valence-electron chi connectivity index (χ3n) is 8.04. The lowest BCUT2D eigenvalue weighted by Crippen LogP contribution is -2.03. The van der Waals surface area contributed by atoms with Gasteiger partial charge in [-0.05, 0) is 83.3 Å². The number of aryl methyl sites for hydroxylation is 1. The second-order valence-electron chi connectivity index (χ2n) is 10.8. The van der Waals surface area contributed by atoms with E-state index in [-0.39, 0.29) is 0 Å². The van der Waals surface area contributed by atoms with Gasteiger partial charge in [-0.15, -0.1) is 11.3 Å². The van der Waals surface area contributed by atoms with E-state index in [9.17, 15) is 0 Å². The molecule has 8 aromatic rings. The molecular formula is C39H27N3S. The first-order valence-electron chi connectivity index (χ1n) is 14.4. The number of nitrogens with zero attached hydrogens (tertiary/aromatic N) is 3. The van der Waals surface area contributed by atoms with Gasteiger partial charge in [0.2, 0.25) is 0 Å². The maximum Gasteiger partial charge on any atom is 0.147 e. The van der Waals surface area contributed by atoms with Crippen LogP contribution in [0.3, 0.4) is 0 Å². The van der Waals surface area contributed by atoms with Gasteiger partial charge in [0.25, 0.3) is 0 Å². The van der Waals surface area contributed by atoms with Crippen molar-refractivity contribution in [3.05, 3.63) is 151 Å². The number of imidazole rings is 1. The van der Waals surface area contributed by atoms with E-state index in [2.05, 4.69) is 149 Å². The molecule has 204 valence electrons. The number of fused-ring (bicyclic) bond motifs is 2. The van der Waals surface area contributed by atoms with E-state index in [4.69, 9.17) is 4.98 Å². The van der Waals surface area contributed by atoms with Crippen LogP contribution in [0.5, 0.6) is 0 Å². The normalized spacial score (nSPS) is 11.4. The van der Waals surface area contributed by atoms with Crippen LogP contribution in [0.2, 0.25) is 0 Å². The number of thiophene rings is 1. The molecule has 0 N–H and O–H groups in total. The molecule has 4 heteroatoms. The van der Waals surface area contributed by atoms with E-state index in [1.807, 2.05) is 12.4 Å². The van der Waals surface area contributed by atoms with E-state index in [1.165, 1.54) is 43.5 Å². The standard InChI is InChI=1S/C39H27N3S/c1-26-22-31(28-10-4-2-5-11-28)38(32(23-26)29-12-6-3-7-13-29)42-36-15-9-8-14-35(36)41-39(42)34-25-43-37-17-16-30(24-33(34)37)27-18-20-40-21-19-27/h2-25H,1H3. The van der Waals surface area contributed by atoms with Crippen LogP contribution in [0, 0.1) is 6.92 Å². The summed E-state index contributed by atoms with van der Waals surface area (Å²) < 4.78 is 3.63. The molecule has 0 aliphatic heterocycles. The van der Waals surface area contributed by atoms with Crippen molar-refractivity contribution in [1.29, 1.82) is 0 Å². The summed E-state index contributed by atoms with van der Waals surface area (Å²) >= 11 is 1.76. The summed E-state index contributed by atoms with van der Waals surface area (Å²) in [6.07, 6.45) is 3.70. The van der Waals surface area contributed by atoms with E-state index < -0.39 is 0 Å². The Labute approximate surface area is 254 Å². The van der Waals surface area contributed by atoms with E-state index in [0.717, 1.165) is 33.7 Å². The van der Waals surface area contributed by atoms with Crippen molar-refractivity contribution in [3.63, 3.8) is 0 Å². The van der Waals surface area contributed by atoms with Gasteiger partial charge in [-0.1, -0.05) is 78.9 Å². The molecule has 0 amide bonds. The zero-order chi connectivity index (χ0) is 28.8. The predicted molar refractivity (Wildman–Crippen MR) is 181 cm³/mol. The van der Waals surface area contributed by atoms with Crippen LogP contribution in [0.25, 0.3) is 71.6 Å². The van der Waals surface area contributed by atoms with Gasteiger partial charge < -0.3 is 0 Å². The Morgan fingerprint density at radius 2 is 1.23 bits per heavy atom. The summed E-state index contributed by atoms with van der Waals surface area (Å²) in [4.78, 5) is 9.55. The number of aromatic nitrogens is 3. The molecule has 0 aliphatic carbocycles. The van der Waals surface area contributed by atoms with Crippen molar-refractivity contribution in [2.45, 2.75) is 6.92 Å². The van der Waals surface area contributed by atoms with Gasteiger partial charge in [-0.2, -0.15) is 0 Å². The molecule has 0 radical (unpaired) electrons. The largest absolute Gasteiger partial charge is 0.291 e. The molecule has 0 spiro atoms. The number of pyridine rings is 1. The first kappa shape index (κ1) is 25.4. The fourth-order valence-corrected chi connectivity index (χ4v) is 6.97. The molecule has 8 rings (SSSR count). The lowest BCUT2D eigenvalue weighted by Gasteiger charge is -2.20. The minimum Gasteiger partial charge on any atom is -0.291 e. The highest BCUT2D eigenvalue weighted by molar-refractivity contribution is 7.17. The summed E-state index contributed by atoms with van der Waals surface area (Å²) in [6.45, 7) is 2.18. The van der Waals surface area contributed by atoms with Crippen LogP contribution in [-0.4, -0.2) is 14.5 Å². The average Bonchev–Trinajstić information content (AvgIpc) is 3.66. The van der Waals surface area contributed by atoms with Crippen molar-refractivity contribution in [1.82, 2.24) is 14.5 Å². The molecule has 3 heterocycles. The minimum atomic E-state index is 0.942. The molecule has 0 saturated carbocycles. The molecule has 0 aliphatic rings. The third kappa shape index (κ3) is 4.44. The Kier molecular flexibility index (Phi) is 6.20. The Bertz CT molecular complexity index is 2170. The number of benzene rings is 5. The second-order valence-corrected chi connectivity index (χ2v) is 11.7. The average molecular weight is 570 g/mol. The predicted octanol–water partition coefficient (Wildman–Crippen LogP) is 10.6. The monoisotopic (exact) mass is 569 g/mol. The smallest absolute Gasteiger partial charge is 0.147 e.